The van der Waals surface area contributed by atoms with E-state index < -0.39 is 11.9 Å². The molecule has 1 aliphatic rings. The van der Waals surface area contributed by atoms with E-state index in [1.54, 1.807) is 6.92 Å². The van der Waals surface area contributed by atoms with Gasteiger partial charge < -0.3 is 15.3 Å². The number of aryl methyl sites for hydroxylation is 1. The predicted octanol–water partition coefficient (Wildman–Crippen LogP) is 0.249. The van der Waals surface area contributed by atoms with Gasteiger partial charge in [0.05, 0.1) is 11.6 Å². The zero-order valence-corrected chi connectivity index (χ0v) is 11.3. The molecule has 8 heteroatoms. The quantitative estimate of drug-likeness (QED) is 0.828. The van der Waals surface area contributed by atoms with Gasteiger partial charge in [0.2, 0.25) is 11.8 Å². The van der Waals surface area contributed by atoms with Crippen molar-refractivity contribution < 1.29 is 19.5 Å². The molecule has 0 aliphatic carbocycles. The Kier molecular flexibility index (Phi) is 3.52. The molecule has 1 aromatic heterocycles. The van der Waals surface area contributed by atoms with Gasteiger partial charge in [-0.05, 0) is 18.5 Å². The van der Waals surface area contributed by atoms with Crippen molar-refractivity contribution >= 4 is 34.3 Å². The van der Waals surface area contributed by atoms with Crippen LogP contribution in [-0.4, -0.2) is 40.9 Å². The Balaban J connectivity index is 2.24. The van der Waals surface area contributed by atoms with E-state index in [1.807, 2.05) is 0 Å². The monoisotopic (exact) mass is 283 g/mol. The normalized spacial score (nSPS) is 18.2. The van der Waals surface area contributed by atoms with Crippen molar-refractivity contribution in [1.29, 1.82) is 0 Å². The second-order valence-electron chi connectivity index (χ2n) is 4.36. The third-order valence-corrected chi connectivity index (χ3v) is 4.04. The highest BCUT2D eigenvalue weighted by Gasteiger charge is 2.33. The number of aromatic carboxylic acids is 1. The molecule has 1 aromatic rings. The second kappa shape index (κ2) is 4.96. The van der Waals surface area contributed by atoms with Gasteiger partial charge in [-0.2, -0.15) is 4.37 Å². The topological polar surface area (TPSA) is 99.6 Å². The Morgan fingerprint density at radius 2 is 2.21 bits per heavy atom. The zero-order valence-electron chi connectivity index (χ0n) is 10.5. The first-order valence-corrected chi connectivity index (χ1v) is 6.43. The molecule has 0 saturated carbocycles. The maximum absolute atomic E-state index is 12.2. The maximum atomic E-state index is 12.2. The highest BCUT2D eigenvalue weighted by atomic mass is 32.1. The number of carboxylic acid groups (broad SMARTS) is 1. The lowest BCUT2D eigenvalue weighted by atomic mass is 10.1. The Hall–Kier alpha value is -1.96. The van der Waals surface area contributed by atoms with Crippen LogP contribution in [0.5, 0.6) is 0 Å². The van der Waals surface area contributed by atoms with Crippen LogP contribution in [0.4, 0.5) is 5.00 Å². The molecule has 2 amide bonds. The molecule has 0 radical (unpaired) electrons. The van der Waals surface area contributed by atoms with Crippen molar-refractivity contribution in [3.05, 3.63) is 11.3 Å². The van der Waals surface area contributed by atoms with Gasteiger partial charge in [-0.1, -0.05) is 0 Å². The summed E-state index contributed by atoms with van der Waals surface area (Å²) in [5.74, 6) is -1.99. The number of rotatable bonds is 3. The average molecular weight is 283 g/mol. The number of carbonyl (C=O) groups excluding carboxylic acids is 2. The molecule has 1 atom stereocenters. The Labute approximate surface area is 113 Å². The fraction of sp³-hybridized carbons (Fsp3) is 0.455. The number of hydrogen-bond acceptors (Lipinski definition) is 5. The molecule has 0 spiro atoms. The Bertz CT molecular complexity index is 554. The first kappa shape index (κ1) is 13.5. The van der Waals surface area contributed by atoms with Gasteiger partial charge >= 0.3 is 5.97 Å². The van der Waals surface area contributed by atoms with E-state index in [0.717, 1.165) is 11.5 Å². The van der Waals surface area contributed by atoms with Crippen LogP contribution < -0.4 is 10.2 Å². The van der Waals surface area contributed by atoms with Gasteiger partial charge in [-0.15, -0.1) is 0 Å². The number of nitrogens with one attached hydrogen (secondary N) is 1. The molecule has 1 unspecified atom stereocenters. The lowest BCUT2D eigenvalue weighted by Crippen LogP contribution is -2.34. The molecular formula is C11H13N3O4S. The largest absolute Gasteiger partial charge is 0.478 e. The SMILES string of the molecule is Cc1nsc(N(C)C(=O)C2CNC(=O)C2)c1C(=O)O. The smallest absolute Gasteiger partial charge is 0.340 e. The van der Waals surface area contributed by atoms with Crippen molar-refractivity contribution in [2.75, 3.05) is 18.5 Å². The van der Waals surface area contributed by atoms with Crippen molar-refractivity contribution in [3.8, 4) is 0 Å². The summed E-state index contributed by atoms with van der Waals surface area (Å²) >= 11 is 0.969. The van der Waals surface area contributed by atoms with Crippen molar-refractivity contribution in [1.82, 2.24) is 9.69 Å². The first-order chi connectivity index (χ1) is 8.91. The lowest BCUT2D eigenvalue weighted by Gasteiger charge is -2.18. The molecule has 2 rings (SSSR count). The van der Waals surface area contributed by atoms with Gasteiger partial charge in [-0.3, -0.25) is 9.59 Å². The number of carbonyl (C=O) groups is 3. The van der Waals surface area contributed by atoms with Gasteiger partial charge in [0.25, 0.3) is 0 Å². The fourth-order valence-corrected chi connectivity index (χ4v) is 2.84. The van der Waals surface area contributed by atoms with E-state index in [1.165, 1.54) is 11.9 Å². The van der Waals surface area contributed by atoms with E-state index in [9.17, 15) is 14.4 Å². The van der Waals surface area contributed by atoms with Crippen molar-refractivity contribution in [3.63, 3.8) is 0 Å². The third-order valence-electron chi connectivity index (χ3n) is 3.02. The van der Waals surface area contributed by atoms with E-state index in [2.05, 4.69) is 9.69 Å². The average Bonchev–Trinajstić information content (AvgIpc) is 2.93. The molecule has 1 fully saturated rings. The molecule has 1 saturated heterocycles. The number of amides is 2. The molecule has 2 heterocycles. The molecule has 0 aromatic carbocycles. The molecule has 1 aliphatic heterocycles. The Morgan fingerprint density at radius 3 is 2.74 bits per heavy atom. The highest BCUT2D eigenvalue weighted by Crippen LogP contribution is 2.29. The number of hydrogen-bond donors (Lipinski definition) is 2. The van der Waals surface area contributed by atoms with Crippen LogP contribution in [0, 0.1) is 12.8 Å². The summed E-state index contributed by atoms with van der Waals surface area (Å²) in [5.41, 5.74) is 0.422. The minimum Gasteiger partial charge on any atom is -0.478 e. The van der Waals surface area contributed by atoms with E-state index >= 15 is 0 Å². The second-order valence-corrected chi connectivity index (χ2v) is 5.11. The zero-order chi connectivity index (χ0) is 14.2. The van der Waals surface area contributed by atoms with Crippen LogP contribution in [0.3, 0.4) is 0 Å². The molecule has 2 N–H and O–H groups in total. The summed E-state index contributed by atoms with van der Waals surface area (Å²) in [6.45, 7) is 1.88. The van der Waals surface area contributed by atoms with Gasteiger partial charge in [0.15, 0.2) is 0 Å². The standard InChI is InChI=1S/C11H13N3O4S/c1-5-8(11(17)18)10(19-13-5)14(2)9(16)6-3-7(15)12-4-6/h6H,3-4H2,1-2H3,(H,12,15)(H,17,18). The molecule has 19 heavy (non-hydrogen) atoms. The van der Waals surface area contributed by atoms with Crippen molar-refractivity contribution in [2.24, 2.45) is 5.92 Å². The summed E-state index contributed by atoms with van der Waals surface area (Å²) in [5, 5.41) is 12.0. The molecule has 0 bridgehead atoms. The van der Waals surface area contributed by atoms with E-state index in [0.29, 0.717) is 17.2 Å². The summed E-state index contributed by atoms with van der Waals surface area (Å²) in [6.07, 6.45) is 0.142. The summed E-state index contributed by atoms with van der Waals surface area (Å²) in [6, 6.07) is 0. The van der Waals surface area contributed by atoms with Gasteiger partial charge in [0.1, 0.15) is 10.6 Å². The van der Waals surface area contributed by atoms with Crippen LogP contribution in [0.2, 0.25) is 0 Å². The van der Waals surface area contributed by atoms with Crippen LogP contribution in [-0.2, 0) is 9.59 Å². The van der Waals surface area contributed by atoms with Crippen LogP contribution >= 0.6 is 11.5 Å². The maximum Gasteiger partial charge on any atom is 0.340 e. The summed E-state index contributed by atoms with van der Waals surface area (Å²) in [4.78, 5) is 35.7. The van der Waals surface area contributed by atoms with E-state index in [-0.39, 0.29) is 23.8 Å². The molecular weight excluding hydrogens is 270 g/mol. The van der Waals surface area contributed by atoms with Crippen molar-refractivity contribution in [2.45, 2.75) is 13.3 Å². The van der Waals surface area contributed by atoms with Crippen LogP contribution in [0.1, 0.15) is 22.5 Å². The fourth-order valence-electron chi connectivity index (χ4n) is 1.99. The minimum absolute atomic E-state index is 0.0399. The summed E-state index contributed by atoms with van der Waals surface area (Å²) < 4.78 is 3.97. The van der Waals surface area contributed by atoms with Crippen LogP contribution in [0.25, 0.3) is 0 Å². The predicted molar refractivity (Wildman–Crippen MR) is 68.3 cm³/mol. The summed E-state index contributed by atoms with van der Waals surface area (Å²) in [7, 11) is 1.50. The first-order valence-electron chi connectivity index (χ1n) is 5.65. The van der Waals surface area contributed by atoms with Gasteiger partial charge in [0, 0.05) is 20.0 Å². The number of aromatic nitrogens is 1. The third kappa shape index (κ3) is 2.43. The molecule has 102 valence electrons. The lowest BCUT2D eigenvalue weighted by molar-refractivity contribution is -0.124. The van der Waals surface area contributed by atoms with E-state index in [4.69, 9.17) is 5.11 Å². The van der Waals surface area contributed by atoms with Crippen LogP contribution in [0.15, 0.2) is 0 Å². The van der Waals surface area contributed by atoms with Gasteiger partial charge in [-0.25, -0.2) is 4.79 Å². The number of carboxylic acids is 1. The highest BCUT2D eigenvalue weighted by molar-refractivity contribution is 7.11. The minimum atomic E-state index is -1.11. The Morgan fingerprint density at radius 1 is 1.53 bits per heavy atom. The number of nitrogens with zero attached hydrogens (tertiary/aromatic N) is 2. The number of anilines is 1. The molecule has 7 nitrogen and oxygen atoms in total.